The molecule has 1 aliphatic rings. The molecule has 110 valence electrons. The summed E-state index contributed by atoms with van der Waals surface area (Å²) in [4.78, 5) is 0. The molecule has 1 aliphatic carbocycles. The molecule has 3 rings (SSSR count). The maximum Gasteiger partial charge on any atom is 0.0202 e. The van der Waals surface area contributed by atoms with Crippen LogP contribution in [0.2, 0.25) is 0 Å². The first-order chi connectivity index (χ1) is 10.4. The van der Waals surface area contributed by atoms with Gasteiger partial charge >= 0.3 is 0 Å². The average Bonchev–Trinajstić information content (AvgIpc) is 2.57. The van der Waals surface area contributed by atoms with Crippen molar-refractivity contribution in [3.05, 3.63) is 59.7 Å². The van der Waals surface area contributed by atoms with Gasteiger partial charge in [-0.1, -0.05) is 67.8 Å². The highest BCUT2D eigenvalue weighted by Crippen LogP contribution is 2.33. The number of nitrogens with one attached hydrogen (secondary N) is 1. The lowest BCUT2D eigenvalue weighted by atomic mass is 9.84. The summed E-state index contributed by atoms with van der Waals surface area (Å²) in [7, 11) is 1.98. The third-order valence-corrected chi connectivity index (χ3v) is 4.66. The molecule has 0 saturated heterocycles. The third-order valence-electron chi connectivity index (χ3n) is 4.66. The van der Waals surface area contributed by atoms with Crippen LogP contribution in [0.4, 0.5) is 0 Å². The zero-order valence-electron chi connectivity index (χ0n) is 12.9. The zero-order valence-corrected chi connectivity index (χ0v) is 12.9. The van der Waals surface area contributed by atoms with Gasteiger partial charge in [0.25, 0.3) is 0 Å². The summed E-state index contributed by atoms with van der Waals surface area (Å²) in [6.45, 7) is 0.931. The predicted molar refractivity (Wildman–Crippen MR) is 90.5 cm³/mol. The molecule has 0 atom stereocenters. The van der Waals surface area contributed by atoms with Gasteiger partial charge in [-0.05, 0) is 48.1 Å². The van der Waals surface area contributed by atoms with E-state index in [1.54, 1.807) is 0 Å². The number of hydrogen-bond acceptors (Lipinski definition) is 1. The maximum atomic E-state index is 3.19. The van der Waals surface area contributed by atoms with E-state index in [-0.39, 0.29) is 0 Å². The van der Waals surface area contributed by atoms with Gasteiger partial charge in [0.05, 0.1) is 0 Å². The minimum absolute atomic E-state index is 0.797. The van der Waals surface area contributed by atoms with Crippen LogP contribution >= 0.6 is 0 Å². The Kier molecular flexibility index (Phi) is 4.72. The van der Waals surface area contributed by atoms with E-state index >= 15 is 0 Å². The minimum Gasteiger partial charge on any atom is -0.316 e. The fourth-order valence-corrected chi connectivity index (χ4v) is 3.40. The van der Waals surface area contributed by atoms with Crippen LogP contribution in [0.5, 0.6) is 0 Å². The largest absolute Gasteiger partial charge is 0.316 e. The molecular weight excluding hydrogens is 254 g/mol. The van der Waals surface area contributed by atoms with Crippen molar-refractivity contribution in [2.24, 2.45) is 0 Å². The van der Waals surface area contributed by atoms with Gasteiger partial charge in [-0.2, -0.15) is 0 Å². The summed E-state index contributed by atoms with van der Waals surface area (Å²) in [5, 5.41) is 3.19. The molecule has 0 radical (unpaired) electrons. The van der Waals surface area contributed by atoms with Gasteiger partial charge in [-0.3, -0.25) is 0 Å². The highest BCUT2D eigenvalue weighted by Gasteiger charge is 2.15. The molecule has 1 saturated carbocycles. The molecule has 1 N–H and O–H groups in total. The van der Waals surface area contributed by atoms with Gasteiger partial charge < -0.3 is 5.32 Å². The molecular formula is C20H25N. The average molecular weight is 279 g/mol. The SMILES string of the molecule is CNCc1ccc(-c2ccc(C3CCCCC3)cc2)cc1. The van der Waals surface area contributed by atoms with E-state index in [0.717, 1.165) is 12.5 Å². The Hall–Kier alpha value is -1.60. The van der Waals surface area contributed by atoms with Crippen LogP contribution in [-0.2, 0) is 6.54 Å². The van der Waals surface area contributed by atoms with E-state index in [4.69, 9.17) is 0 Å². The van der Waals surface area contributed by atoms with Gasteiger partial charge in [0.15, 0.2) is 0 Å². The van der Waals surface area contributed by atoms with Crippen LogP contribution in [0.1, 0.15) is 49.1 Å². The lowest BCUT2D eigenvalue weighted by Gasteiger charge is -2.22. The molecule has 0 amide bonds. The second-order valence-corrected chi connectivity index (χ2v) is 6.18. The molecule has 0 spiro atoms. The van der Waals surface area contributed by atoms with Crippen LogP contribution in [0.25, 0.3) is 11.1 Å². The van der Waals surface area contributed by atoms with Crippen molar-refractivity contribution >= 4 is 0 Å². The molecule has 2 aromatic rings. The topological polar surface area (TPSA) is 12.0 Å². The van der Waals surface area contributed by atoms with Gasteiger partial charge in [0.2, 0.25) is 0 Å². The molecule has 21 heavy (non-hydrogen) atoms. The molecule has 1 heteroatoms. The van der Waals surface area contributed by atoms with Crippen LogP contribution < -0.4 is 5.32 Å². The monoisotopic (exact) mass is 279 g/mol. The Morgan fingerprint density at radius 2 is 1.38 bits per heavy atom. The molecule has 0 heterocycles. The Balaban J connectivity index is 1.73. The summed E-state index contributed by atoms with van der Waals surface area (Å²) in [6.07, 6.45) is 6.97. The minimum atomic E-state index is 0.797. The molecule has 1 nitrogen and oxygen atoms in total. The van der Waals surface area contributed by atoms with Crippen molar-refractivity contribution in [2.45, 2.75) is 44.6 Å². The zero-order chi connectivity index (χ0) is 14.5. The second-order valence-electron chi connectivity index (χ2n) is 6.18. The van der Waals surface area contributed by atoms with Gasteiger partial charge in [-0.25, -0.2) is 0 Å². The second kappa shape index (κ2) is 6.91. The van der Waals surface area contributed by atoms with Gasteiger partial charge in [-0.15, -0.1) is 0 Å². The normalized spacial score (nSPS) is 16.0. The van der Waals surface area contributed by atoms with Crippen LogP contribution in [0, 0.1) is 0 Å². The highest BCUT2D eigenvalue weighted by atomic mass is 14.8. The Bertz CT molecular complexity index is 547. The first-order valence-corrected chi connectivity index (χ1v) is 8.21. The predicted octanol–water partition coefficient (Wildman–Crippen LogP) is 5.12. The molecule has 0 bridgehead atoms. The van der Waals surface area contributed by atoms with Crippen molar-refractivity contribution in [2.75, 3.05) is 7.05 Å². The smallest absolute Gasteiger partial charge is 0.0202 e. The highest BCUT2D eigenvalue weighted by molar-refractivity contribution is 5.64. The van der Waals surface area contributed by atoms with Crippen molar-refractivity contribution < 1.29 is 0 Å². The Labute approximate surface area is 128 Å². The molecule has 0 aromatic heterocycles. The number of rotatable bonds is 4. The Morgan fingerprint density at radius 1 is 0.810 bits per heavy atom. The third kappa shape index (κ3) is 3.54. The van der Waals surface area contributed by atoms with Crippen molar-refractivity contribution in [1.82, 2.24) is 5.32 Å². The summed E-state index contributed by atoms with van der Waals surface area (Å²) in [5.74, 6) is 0.797. The fraction of sp³-hybridized carbons (Fsp3) is 0.400. The van der Waals surface area contributed by atoms with Crippen molar-refractivity contribution in [3.63, 3.8) is 0 Å². The lowest BCUT2D eigenvalue weighted by molar-refractivity contribution is 0.443. The lowest BCUT2D eigenvalue weighted by Crippen LogP contribution is -2.04. The van der Waals surface area contributed by atoms with E-state index < -0.39 is 0 Å². The van der Waals surface area contributed by atoms with Crippen LogP contribution in [-0.4, -0.2) is 7.05 Å². The van der Waals surface area contributed by atoms with E-state index in [1.807, 2.05) is 7.05 Å². The molecule has 2 aromatic carbocycles. The van der Waals surface area contributed by atoms with Crippen LogP contribution in [0.15, 0.2) is 48.5 Å². The first kappa shape index (κ1) is 14.3. The molecule has 1 fully saturated rings. The quantitative estimate of drug-likeness (QED) is 0.819. The maximum absolute atomic E-state index is 3.19. The van der Waals surface area contributed by atoms with Gasteiger partial charge in [0, 0.05) is 6.54 Å². The summed E-state index contributed by atoms with van der Waals surface area (Å²) in [6, 6.07) is 18.1. The van der Waals surface area contributed by atoms with Crippen LogP contribution in [0.3, 0.4) is 0 Å². The fourth-order valence-electron chi connectivity index (χ4n) is 3.40. The first-order valence-electron chi connectivity index (χ1n) is 8.21. The van der Waals surface area contributed by atoms with E-state index in [9.17, 15) is 0 Å². The number of benzene rings is 2. The molecule has 0 unspecified atom stereocenters. The Morgan fingerprint density at radius 3 is 1.95 bits per heavy atom. The number of hydrogen-bond donors (Lipinski definition) is 1. The summed E-state index contributed by atoms with van der Waals surface area (Å²) >= 11 is 0. The van der Waals surface area contributed by atoms with Crippen molar-refractivity contribution in [1.29, 1.82) is 0 Å². The summed E-state index contributed by atoms with van der Waals surface area (Å²) in [5.41, 5.74) is 5.50. The van der Waals surface area contributed by atoms with E-state index in [2.05, 4.69) is 53.8 Å². The molecule has 0 aliphatic heterocycles. The van der Waals surface area contributed by atoms with E-state index in [1.165, 1.54) is 54.4 Å². The van der Waals surface area contributed by atoms with Gasteiger partial charge in [0.1, 0.15) is 0 Å². The van der Waals surface area contributed by atoms with E-state index in [0.29, 0.717) is 0 Å². The standard InChI is InChI=1S/C20H25N/c1-21-15-16-7-9-18(10-8-16)20-13-11-19(12-14-20)17-5-3-2-4-6-17/h7-14,17,21H,2-6,15H2,1H3. The summed E-state index contributed by atoms with van der Waals surface area (Å²) < 4.78 is 0. The van der Waals surface area contributed by atoms with Crippen molar-refractivity contribution in [3.8, 4) is 11.1 Å².